The van der Waals surface area contributed by atoms with Crippen LogP contribution in [0.3, 0.4) is 0 Å². The van der Waals surface area contributed by atoms with Crippen molar-refractivity contribution in [3.63, 3.8) is 0 Å². The lowest BCUT2D eigenvalue weighted by atomic mass is 9.93. The molecule has 5 aromatic rings. The van der Waals surface area contributed by atoms with Crippen LogP contribution in [0.1, 0.15) is 34.3 Å². The molecule has 2 heterocycles. The van der Waals surface area contributed by atoms with Crippen LogP contribution in [0.2, 0.25) is 0 Å². The molecule has 0 spiro atoms. The maximum Gasteiger partial charge on any atom is 0.111 e. The molecule has 0 amide bonds. The second-order valence-electron chi connectivity index (χ2n) is 7.94. The minimum Gasteiger partial charge on any atom is -0.342 e. The second-order valence-corrected chi connectivity index (χ2v) is 7.94. The largest absolute Gasteiger partial charge is 0.342 e. The molecule has 0 aliphatic carbocycles. The van der Waals surface area contributed by atoms with Gasteiger partial charge < -0.3 is 9.97 Å². The highest BCUT2D eigenvalue weighted by molar-refractivity contribution is 5.75. The van der Waals surface area contributed by atoms with Gasteiger partial charge in [-0.1, -0.05) is 53.6 Å². The summed E-state index contributed by atoms with van der Waals surface area (Å²) < 4.78 is 0. The van der Waals surface area contributed by atoms with Gasteiger partial charge in [0.1, 0.15) is 11.6 Å². The Hall–Kier alpha value is -3.40. The van der Waals surface area contributed by atoms with Crippen LogP contribution in [0, 0.1) is 13.8 Å². The lowest BCUT2D eigenvalue weighted by Crippen LogP contribution is -2.10. The lowest BCUT2D eigenvalue weighted by Gasteiger charge is -2.15. The third-order valence-electron chi connectivity index (χ3n) is 5.44. The van der Waals surface area contributed by atoms with E-state index in [-0.39, 0.29) is 5.92 Å². The highest BCUT2D eigenvalue weighted by Crippen LogP contribution is 2.26. The van der Waals surface area contributed by atoms with E-state index in [1.165, 1.54) is 16.7 Å². The molecule has 0 unspecified atom stereocenters. The summed E-state index contributed by atoms with van der Waals surface area (Å²) in [6, 6.07) is 23.2. The number of nitrogens with one attached hydrogen (secondary N) is 2. The first-order chi connectivity index (χ1) is 14.1. The molecule has 1 atom stereocenters. The second kappa shape index (κ2) is 7.21. The van der Waals surface area contributed by atoms with E-state index in [0.29, 0.717) is 0 Å². The Bertz CT molecular complexity index is 1210. The fraction of sp³-hybridized carbons (Fsp3) is 0.200. The van der Waals surface area contributed by atoms with Crippen LogP contribution in [-0.2, 0) is 12.8 Å². The van der Waals surface area contributed by atoms with Crippen molar-refractivity contribution in [1.82, 2.24) is 19.9 Å². The number of fused-ring (bicyclic) bond motifs is 2. The summed E-state index contributed by atoms with van der Waals surface area (Å²) >= 11 is 0. The lowest BCUT2D eigenvalue weighted by molar-refractivity contribution is 0.627. The van der Waals surface area contributed by atoms with Crippen molar-refractivity contribution in [3.8, 4) is 0 Å². The highest BCUT2D eigenvalue weighted by Gasteiger charge is 2.19. The first-order valence-electron chi connectivity index (χ1n) is 10.1. The Morgan fingerprint density at radius 2 is 1.34 bits per heavy atom. The number of hydrogen-bond acceptors (Lipinski definition) is 2. The summed E-state index contributed by atoms with van der Waals surface area (Å²) in [6.07, 6.45) is 1.72. The zero-order valence-electron chi connectivity index (χ0n) is 16.7. The fourth-order valence-electron chi connectivity index (χ4n) is 4.24. The minimum atomic E-state index is 0.212. The molecule has 0 aliphatic rings. The Kier molecular flexibility index (Phi) is 4.39. The van der Waals surface area contributed by atoms with Crippen molar-refractivity contribution < 1.29 is 0 Å². The van der Waals surface area contributed by atoms with Crippen LogP contribution >= 0.6 is 0 Å². The zero-order valence-corrected chi connectivity index (χ0v) is 16.7. The molecule has 4 heteroatoms. The quantitative estimate of drug-likeness (QED) is 0.415. The van der Waals surface area contributed by atoms with Crippen molar-refractivity contribution in [1.29, 1.82) is 0 Å². The maximum absolute atomic E-state index is 4.91. The normalized spacial score (nSPS) is 12.6. The summed E-state index contributed by atoms with van der Waals surface area (Å²) in [5.41, 5.74) is 8.12. The molecule has 2 N–H and O–H groups in total. The first kappa shape index (κ1) is 17.7. The number of imidazole rings is 2. The van der Waals surface area contributed by atoms with Crippen LogP contribution in [0.5, 0.6) is 0 Å². The average molecular weight is 380 g/mol. The standard InChI is InChI=1S/C25H24N4/c1-16-11-17(2)13-18(12-16)14-19(25-28-22-9-5-6-10-23(22)29-25)15-24-26-20-7-3-4-8-21(20)27-24/h3-13,19H,14-15H2,1-2H3,(H,26,27)(H,28,29)/t19-/m1/s1. The summed E-state index contributed by atoms with van der Waals surface area (Å²) in [4.78, 5) is 16.8. The number of aromatic nitrogens is 4. The van der Waals surface area contributed by atoms with Crippen molar-refractivity contribution in [2.75, 3.05) is 0 Å². The van der Waals surface area contributed by atoms with Crippen LogP contribution in [0.4, 0.5) is 0 Å². The third kappa shape index (κ3) is 3.66. The molecule has 29 heavy (non-hydrogen) atoms. The molecule has 0 fully saturated rings. The molecule has 0 aliphatic heterocycles. The molecule has 144 valence electrons. The smallest absolute Gasteiger partial charge is 0.111 e. The van der Waals surface area contributed by atoms with E-state index in [2.05, 4.69) is 66.3 Å². The molecular weight excluding hydrogens is 356 g/mol. The number of hydrogen-bond donors (Lipinski definition) is 2. The number of aryl methyl sites for hydroxylation is 2. The molecule has 0 radical (unpaired) electrons. The summed E-state index contributed by atoms with van der Waals surface area (Å²) in [5, 5.41) is 0. The van der Waals surface area contributed by atoms with E-state index in [0.717, 1.165) is 46.6 Å². The predicted molar refractivity (Wildman–Crippen MR) is 118 cm³/mol. The van der Waals surface area contributed by atoms with Gasteiger partial charge in [-0.15, -0.1) is 0 Å². The topological polar surface area (TPSA) is 57.4 Å². The van der Waals surface area contributed by atoms with Gasteiger partial charge in [-0.3, -0.25) is 0 Å². The SMILES string of the molecule is Cc1cc(C)cc(C[C@H](Cc2nc3ccccc3[nH]2)c2nc3ccccc3[nH]2)c1. The highest BCUT2D eigenvalue weighted by atomic mass is 14.9. The maximum atomic E-state index is 4.91. The molecule has 0 saturated heterocycles. The Balaban J connectivity index is 1.53. The number of nitrogens with zero attached hydrogens (tertiary/aromatic N) is 2. The van der Waals surface area contributed by atoms with Gasteiger partial charge in [-0.2, -0.15) is 0 Å². The van der Waals surface area contributed by atoms with E-state index in [4.69, 9.17) is 9.97 Å². The number of benzene rings is 3. The van der Waals surface area contributed by atoms with Gasteiger partial charge in [0, 0.05) is 12.3 Å². The van der Waals surface area contributed by atoms with Crippen LogP contribution in [0.25, 0.3) is 22.1 Å². The van der Waals surface area contributed by atoms with E-state index in [9.17, 15) is 0 Å². The van der Waals surface area contributed by atoms with E-state index < -0.39 is 0 Å². The summed E-state index contributed by atoms with van der Waals surface area (Å²) in [7, 11) is 0. The molecule has 0 saturated carbocycles. The molecule has 2 aromatic heterocycles. The van der Waals surface area contributed by atoms with Gasteiger partial charge in [0.2, 0.25) is 0 Å². The van der Waals surface area contributed by atoms with Gasteiger partial charge in [0.25, 0.3) is 0 Å². The minimum absolute atomic E-state index is 0.212. The first-order valence-corrected chi connectivity index (χ1v) is 10.1. The van der Waals surface area contributed by atoms with E-state index in [1.807, 2.05) is 24.3 Å². The number of para-hydroxylation sites is 4. The average Bonchev–Trinajstić information content (AvgIpc) is 3.30. The summed E-state index contributed by atoms with van der Waals surface area (Å²) in [6.45, 7) is 4.32. The molecule has 3 aromatic carbocycles. The van der Waals surface area contributed by atoms with Crippen molar-refractivity contribution >= 4 is 22.1 Å². The Morgan fingerprint density at radius 3 is 2.00 bits per heavy atom. The van der Waals surface area contributed by atoms with E-state index in [1.54, 1.807) is 0 Å². The molecule has 4 nitrogen and oxygen atoms in total. The van der Waals surface area contributed by atoms with Crippen LogP contribution < -0.4 is 0 Å². The zero-order chi connectivity index (χ0) is 19.8. The predicted octanol–water partition coefficient (Wildman–Crippen LogP) is 5.63. The van der Waals surface area contributed by atoms with Gasteiger partial charge in [0.15, 0.2) is 0 Å². The molecule has 5 rings (SSSR count). The van der Waals surface area contributed by atoms with Crippen molar-refractivity contribution in [2.24, 2.45) is 0 Å². The summed E-state index contributed by atoms with van der Waals surface area (Å²) in [5.74, 6) is 2.23. The van der Waals surface area contributed by atoms with Gasteiger partial charge in [-0.25, -0.2) is 9.97 Å². The van der Waals surface area contributed by atoms with E-state index >= 15 is 0 Å². The molecule has 0 bridgehead atoms. The van der Waals surface area contributed by atoms with Crippen molar-refractivity contribution in [3.05, 3.63) is 95.1 Å². The fourth-order valence-corrected chi connectivity index (χ4v) is 4.24. The monoisotopic (exact) mass is 380 g/mol. The van der Waals surface area contributed by atoms with Crippen LogP contribution in [-0.4, -0.2) is 19.9 Å². The van der Waals surface area contributed by atoms with Crippen molar-refractivity contribution in [2.45, 2.75) is 32.6 Å². The van der Waals surface area contributed by atoms with Gasteiger partial charge in [-0.05, 0) is 50.1 Å². The number of H-pyrrole nitrogens is 2. The van der Waals surface area contributed by atoms with Crippen LogP contribution in [0.15, 0.2) is 66.7 Å². The van der Waals surface area contributed by atoms with Gasteiger partial charge >= 0.3 is 0 Å². The Labute approximate surface area is 170 Å². The Morgan fingerprint density at radius 1 is 0.724 bits per heavy atom. The molecular formula is C25H24N4. The number of aromatic amines is 2. The van der Waals surface area contributed by atoms with Gasteiger partial charge in [0.05, 0.1) is 22.1 Å². The number of rotatable bonds is 5. The third-order valence-corrected chi connectivity index (χ3v) is 5.44.